The molecule has 2 aromatic rings. The van der Waals surface area contributed by atoms with Crippen LogP contribution in [0.1, 0.15) is 6.92 Å². The van der Waals surface area contributed by atoms with E-state index < -0.39 is 22.5 Å². The molecule has 0 saturated heterocycles. The van der Waals surface area contributed by atoms with Gasteiger partial charge in [-0.3, -0.25) is 9.59 Å². The van der Waals surface area contributed by atoms with Gasteiger partial charge in [0.1, 0.15) is 11.5 Å². The zero-order valence-corrected chi connectivity index (χ0v) is 17.4. The van der Waals surface area contributed by atoms with Crippen LogP contribution in [0.4, 0.5) is 11.4 Å². The van der Waals surface area contributed by atoms with Crippen LogP contribution in [0.3, 0.4) is 0 Å². The van der Waals surface area contributed by atoms with Gasteiger partial charge < -0.3 is 20.1 Å². The lowest BCUT2D eigenvalue weighted by atomic mass is 10.3. The molecule has 0 fully saturated rings. The summed E-state index contributed by atoms with van der Waals surface area (Å²) >= 11 is 0. The number of ether oxygens (including phenoxy) is 2. The molecule has 0 radical (unpaired) electrons. The van der Waals surface area contributed by atoms with Crippen molar-refractivity contribution in [3.63, 3.8) is 0 Å². The Bertz CT molecular complexity index is 990. The summed E-state index contributed by atoms with van der Waals surface area (Å²) in [6.07, 6.45) is 0. The topological polar surface area (TPSA) is 114 Å². The van der Waals surface area contributed by atoms with E-state index in [4.69, 9.17) is 9.47 Å². The smallest absolute Gasteiger partial charge is 0.243 e. The number of anilines is 2. The standard InChI is InChI=1S/C19H23N3O6S/c1-13(23)20-17-11-16(9-10-18(17)28-4)29(25,26)22(2)12-19(24)21-14-5-7-15(27-3)8-6-14/h5-11H,12H2,1-4H3,(H,20,23)(H,21,24). The Hall–Kier alpha value is -3.11. The van der Waals surface area contributed by atoms with Crippen molar-refractivity contribution >= 4 is 33.2 Å². The Morgan fingerprint density at radius 1 is 1.00 bits per heavy atom. The molecule has 0 saturated carbocycles. The Labute approximate surface area is 169 Å². The predicted molar refractivity (Wildman–Crippen MR) is 109 cm³/mol. The van der Waals surface area contributed by atoms with E-state index in [1.54, 1.807) is 24.3 Å². The molecule has 0 unspecified atom stereocenters. The van der Waals surface area contributed by atoms with E-state index in [9.17, 15) is 18.0 Å². The number of carbonyl (C=O) groups excluding carboxylic acids is 2. The van der Waals surface area contributed by atoms with Crippen LogP contribution in [0.25, 0.3) is 0 Å². The average molecular weight is 421 g/mol. The molecule has 29 heavy (non-hydrogen) atoms. The fourth-order valence-corrected chi connectivity index (χ4v) is 3.63. The molecule has 2 rings (SSSR count). The number of methoxy groups -OCH3 is 2. The maximum absolute atomic E-state index is 12.8. The third-order valence-corrected chi connectivity index (χ3v) is 5.73. The number of nitrogens with one attached hydrogen (secondary N) is 2. The quantitative estimate of drug-likeness (QED) is 0.673. The first-order chi connectivity index (χ1) is 13.7. The van der Waals surface area contributed by atoms with Crippen LogP contribution in [0, 0.1) is 0 Å². The number of amides is 2. The number of sulfonamides is 1. The molecular weight excluding hydrogens is 398 g/mol. The molecular formula is C19H23N3O6S. The van der Waals surface area contributed by atoms with E-state index in [0.717, 1.165) is 4.31 Å². The average Bonchev–Trinajstić information content (AvgIpc) is 2.67. The van der Waals surface area contributed by atoms with Gasteiger partial charge in [0.15, 0.2) is 0 Å². The molecule has 2 N–H and O–H groups in total. The SMILES string of the molecule is COc1ccc(NC(=O)CN(C)S(=O)(=O)c2ccc(OC)c(NC(C)=O)c2)cc1. The maximum Gasteiger partial charge on any atom is 0.243 e. The second kappa shape index (κ2) is 9.39. The maximum atomic E-state index is 12.8. The number of likely N-dealkylation sites (N-methyl/N-ethyl adjacent to an activating group) is 1. The van der Waals surface area contributed by atoms with Gasteiger partial charge in [-0.05, 0) is 42.5 Å². The first kappa shape index (κ1) is 22.2. The van der Waals surface area contributed by atoms with E-state index in [2.05, 4.69) is 10.6 Å². The first-order valence-electron chi connectivity index (χ1n) is 8.53. The summed E-state index contributed by atoms with van der Waals surface area (Å²) in [5.74, 6) is 0.0816. The molecule has 0 heterocycles. The van der Waals surface area contributed by atoms with Crippen LogP contribution in [-0.4, -0.2) is 52.3 Å². The lowest BCUT2D eigenvalue weighted by molar-refractivity contribution is -0.116. The van der Waals surface area contributed by atoms with E-state index in [1.807, 2.05) is 0 Å². The number of carbonyl (C=O) groups is 2. The number of benzene rings is 2. The van der Waals surface area contributed by atoms with Crippen LogP contribution in [0.15, 0.2) is 47.4 Å². The van der Waals surface area contributed by atoms with Crippen molar-refractivity contribution in [2.45, 2.75) is 11.8 Å². The summed E-state index contributed by atoms with van der Waals surface area (Å²) in [5.41, 5.74) is 0.733. The minimum absolute atomic E-state index is 0.0817. The monoisotopic (exact) mass is 421 g/mol. The van der Waals surface area contributed by atoms with Crippen molar-refractivity contribution in [2.24, 2.45) is 0 Å². The normalized spacial score (nSPS) is 11.1. The van der Waals surface area contributed by atoms with Gasteiger partial charge in [0, 0.05) is 19.7 Å². The summed E-state index contributed by atoms with van der Waals surface area (Å²) in [7, 11) is 0.261. The number of hydrogen-bond donors (Lipinski definition) is 2. The number of hydrogen-bond acceptors (Lipinski definition) is 6. The molecule has 0 aliphatic heterocycles. The van der Waals surface area contributed by atoms with Gasteiger partial charge in [-0.1, -0.05) is 0 Å². The van der Waals surface area contributed by atoms with Crippen molar-refractivity contribution in [3.8, 4) is 11.5 Å². The van der Waals surface area contributed by atoms with Crippen LogP contribution in [0.5, 0.6) is 11.5 Å². The summed E-state index contributed by atoms with van der Waals surface area (Å²) in [5, 5.41) is 5.15. The lowest BCUT2D eigenvalue weighted by Crippen LogP contribution is -2.35. The van der Waals surface area contributed by atoms with Crippen molar-refractivity contribution < 1.29 is 27.5 Å². The highest BCUT2D eigenvalue weighted by Crippen LogP contribution is 2.28. The summed E-state index contributed by atoms with van der Waals surface area (Å²) < 4.78 is 36.7. The third-order valence-electron chi connectivity index (χ3n) is 3.93. The van der Waals surface area contributed by atoms with Gasteiger partial charge in [0.2, 0.25) is 21.8 Å². The summed E-state index contributed by atoms with van der Waals surface area (Å²) in [6, 6.07) is 10.7. The van der Waals surface area contributed by atoms with Crippen molar-refractivity contribution in [1.82, 2.24) is 4.31 Å². The molecule has 0 atom stereocenters. The second-order valence-corrected chi connectivity index (χ2v) is 8.13. The molecule has 2 amide bonds. The molecule has 0 aliphatic rings. The van der Waals surface area contributed by atoms with E-state index >= 15 is 0 Å². The van der Waals surface area contributed by atoms with Gasteiger partial charge in [0.05, 0.1) is 31.3 Å². The van der Waals surface area contributed by atoms with Crippen molar-refractivity contribution in [3.05, 3.63) is 42.5 Å². The highest BCUT2D eigenvalue weighted by atomic mass is 32.2. The zero-order chi connectivity index (χ0) is 21.6. The minimum atomic E-state index is -3.97. The Balaban J connectivity index is 2.15. The van der Waals surface area contributed by atoms with Gasteiger partial charge >= 0.3 is 0 Å². The van der Waals surface area contributed by atoms with Crippen LogP contribution < -0.4 is 20.1 Å². The molecule has 0 bridgehead atoms. The number of nitrogens with zero attached hydrogens (tertiary/aromatic N) is 1. The van der Waals surface area contributed by atoms with Crippen molar-refractivity contribution in [2.75, 3.05) is 38.4 Å². The first-order valence-corrected chi connectivity index (χ1v) is 9.97. The fourth-order valence-electron chi connectivity index (χ4n) is 2.48. The van der Waals surface area contributed by atoms with Gasteiger partial charge in [-0.15, -0.1) is 0 Å². The van der Waals surface area contributed by atoms with Crippen LogP contribution in [0.2, 0.25) is 0 Å². The van der Waals surface area contributed by atoms with Gasteiger partial charge in [-0.25, -0.2) is 8.42 Å². The zero-order valence-electron chi connectivity index (χ0n) is 16.6. The van der Waals surface area contributed by atoms with E-state index in [-0.39, 0.29) is 16.5 Å². The number of rotatable bonds is 8. The Kier molecular flexibility index (Phi) is 7.18. The molecule has 156 valence electrons. The third kappa shape index (κ3) is 5.69. The molecule has 0 aromatic heterocycles. The largest absolute Gasteiger partial charge is 0.497 e. The van der Waals surface area contributed by atoms with E-state index in [1.165, 1.54) is 46.4 Å². The molecule has 2 aromatic carbocycles. The molecule has 10 heteroatoms. The second-order valence-electron chi connectivity index (χ2n) is 6.08. The summed E-state index contributed by atoms with van der Waals surface area (Å²) in [4.78, 5) is 23.5. The van der Waals surface area contributed by atoms with Gasteiger partial charge in [0.25, 0.3) is 0 Å². The minimum Gasteiger partial charge on any atom is -0.497 e. The molecule has 0 spiro atoms. The predicted octanol–water partition coefficient (Wildman–Crippen LogP) is 1.92. The van der Waals surface area contributed by atoms with Crippen LogP contribution >= 0.6 is 0 Å². The van der Waals surface area contributed by atoms with Crippen LogP contribution in [-0.2, 0) is 19.6 Å². The fraction of sp³-hybridized carbons (Fsp3) is 0.263. The molecule has 0 aliphatic carbocycles. The molecule has 9 nitrogen and oxygen atoms in total. The lowest BCUT2D eigenvalue weighted by Gasteiger charge is -2.18. The summed E-state index contributed by atoms with van der Waals surface area (Å²) in [6.45, 7) is 0.909. The Morgan fingerprint density at radius 3 is 2.21 bits per heavy atom. The highest BCUT2D eigenvalue weighted by molar-refractivity contribution is 7.89. The highest BCUT2D eigenvalue weighted by Gasteiger charge is 2.24. The van der Waals surface area contributed by atoms with Crippen molar-refractivity contribution in [1.29, 1.82) is 0 Å². The van der Waals surface area contributed by atoms with E-state index in [0.29, 0.717) is 17.2 Å². The van der Waals surface area contributed by atoms with Gasteiger partial charge in [-0.2, -0.15) is 4.31 Å². The Morgan fingerprint density at radius 2 is 1.66 bits per heavy atom.